The van der Waals surface area contributed by atoms with E-state index in [2.05, 4.69) is 5.32 Å². The first-order valence-corrected chi connectivity index (χ1v) is 9.25. The van der Waals surface area contributed by atoms with E-state index in [4.69, 9.17) is 4.74 Å². The fraction of sp³-hybridized carbons (Fsp3) is 0.889. The van der Waals surface area contributed by atoms with Crippen LogP contribution in [0.2, 0.25) is 0 Å². The first-order valence-electron chi connectivity index (χ1n) is 9.25. The fourth-order valence-electron chi connectivity index (χ4n) is 3.74. The minimum atomic E-state index is -0.0568. The molecular formula is C18H32N2O3. The zero-order valence-electron chi connectivity index (χ0n) is 14.5. The summed E-state index contributed by atoms with van der Waals surface area (Å²) in [7, 11) is 1.63. The summed E-state index contributed by atoms with van der Waals surface area (Å²) in [5, 5.41) is 3.10. The SMILES string of the molecule is COCCN1C[C@@H](C(=O)NCCC2CCCCCC2)CCC1=O. The zero-order valence-corrected chi connectivity index (χ0v) is 14.5. The van der Waals surface area contributed by atoms with Gasteiger partial charge in [0.05, 0.1) is 12.5 Å². The summed E-state index contributed by atoms with van der Waals surface area (Å²) < 4.78 is 5.04. The average molecular weight is 324 g/mol. The number of amides is 2. The molecule has 0 aromatic carbocycles. The zero-order chi connectivity index (χ0) is 16.5. The van der Waals surface area contributed by atoms with Gasteiger partial charge in [-0.05, 0) is 18.8 Å². The van der Waals surface area contributed by atoms with Gasteiger partial charge in [0.25, 0.3) is 0 Å². The Bertz CT molecular complexity index is 378. The second kappa shape index (κ2) is 9.91. The number of rotatable bonds is 7. The van der Waals surface area contributed by atoms with E-state index >= 15 is 0 Å². The highest BCUT2D eigenvalue weighted by molar-refractivity contribution is 5.83. The summed E-state index contributed by atoms with van der Waals surface area (Å²) in [6.45, 7) is 2.44. The molecule has 1 saturated carbocycles. The number of hydrogen-bond acceptors (Lipinski definition) is 3. The summed E-state index contributed by atoms with van der Waals surface area (Å²) in [6.07, 6.45) is 10.3. The molecule has 0 spiro atoms. The highest BCUT2D eigenvalue weighted by Crippen LogP contribution is 2.25. The topological polar surface area (TPSA) is 58.6 Å². The highest BCUT2D eigenvalue weighted by atomic mass is 16.5. The molecule has 2 fully saturated rings. The van der Waals surface area contributed by atoms with Crippen molar-refractivity contribution in [2.45, 2.75) is 57.8 Å². The second-order valence-electron chi connectivity index (χ2n) is 7.01. The van der Waals surface area contributed by atoms with Crippen molar-refractivity contribution in [1.29, 1.82) is 0 Å². The predicted octanol–water partition coefficient (Wildman–Crippen LogP) is 2.35. The number of hydrogen-bond donors (Lipinski definition) is 1. The van der Waals surface area contributed by atoms with Crippen LogP contribution in [0.25, 0.3) is 0 Å². The van der Waals surface area contributed by atoms with Gasteiger partial charge in [0.2, 0.25) is 11.8 Å². The van der Waals surface area contributed by atoms with Gasteiger partial charge in [-0.3, -0.25) is 9.59 Å². The van der Waals surface area contributed by atoms with Gasteiger partial charge in [0.1, 0.15) is 0 Å². The number of carbonyl (C=O) groups excluding carboxylic acids is 2. The van der Waals surface area contributed by atoms with Crippen LogP contribution in [-0.4, -0.2) is 50.1 Å². The molecule has 1 atom stereocenters. The quantitative estimate of drug-likeness (QED) is 0.731. The summed E-state index contributed by atoms with van der Waals surface area (Å²) in [5.74, 6) is 0.987. The summed E-state index contributed by atoms with van der Waals surface area (Å²) in [6, 6.07) is 0. The van der Waals surface area contributed by atoms with Gasteiger partial charge in [0, 0.05) is 33.2 Å². The Kier molecular flexibility index (Phi) is 7.86. The van der Waals surface area contributed by atoms with E-state index in [1.165, 1.54) is 38.5 Å². The van der Waals surface area contributed by atoms with Crippen molar-refractivity contribution in [3.8, 4) is 0 Å². The van der Waals surface area contributed by atoms with E-state index in [1.807, 2.05) is 0 Å². The van der Waals surface area contributed by atoms with Crippen molar-refractivity contribution in [2.24, 2.45) is 11.8 Å². The van der Waals surface area contributed by atoms with Crippen molar-refractivity contribution >= 4 is 11.8 Å². The first-order chi connectivity index (χ1) is 11.2. The number of methoxy groups -OCH3 is 1. The molecular weight excluding hydrogens is 292 g/mol. The predicted molar refractivity (Wildman–Crippen MR) is 90.0 cm³/mol. The molecule has 2 rings (SSSR count). The third-order valence-electron chi connectivity index (χ3n) is 5.26. The largest absolute Gasteiger partial charge is 0.383 e. The highest BCUT2D eigenvalue weighted by Gasteiger charge is 2.29. The molecule has 0 aromatic rings. The van der Waals surface area contributed by atoms with Crippen molar-refractivity contribution in [3.63, 3.8) is 0 Å². The lowest BCUT2D eigenvalue weighted by molar-refractivity contribution is -0.138. The molecule has 1 N–H and O–H groups in total. The minimum absolute atomic E-state index is 0.0568. The van der Waals surface area contributed by atoms with Crippen molar-refractivity contribution < 1.29 is 14.3 Å². The van der Waals surface area contributed by atoms with E-state index in [9.17, 15) is 9.59 Å². The molecule has 2 amide bonds. The van der Waals surface area contributed by atoms with Crippen LogP contribution in [0.1, 0.15) is 57.8 Å². The Balaban J connectivity index is 1.69. The van der Waals surface area contributed by atoms with E-state index in [0.717, 1.165) is 18.9 Å². The van der Waals surface area contributed by atoms with Crippen LogP contribution in [0.3, 0.4) is 0 Å². The standard InChI is InChI=1S/C18H32N2O3/c1-23-13-12-20-14-16(8-9-17(20)21)18(22)19-11-10-15-6-4-2-3-5-7-15/h15-16H,2-14H2,1H3,(H,19,22)/t16-/m0/s1. The number of ether oxygens (including phenoxy) is 1. The maximum atomic E-state index is 12.4. The Morgan fingerprint density at radius 2 is 1.96 bits per heavy atom. The van der Waals surface area contributed by atoms with Crippen molar-refractivity contribution in [2.75, 3.05) is 33.4 Å². The van der Waals surface area contributed by atoms with E-state index in [-0.39, 0.29) is 17.7 Å². The van der Waals surface area contributed by atoms with Gasteiger partial charge in [-0.15, -0.1) is 0 Å². The molecule has 1 heterocycles. The number of carbonyl (C=O) groups is 2. The van der Waals surface area contributed by atoms with E-state index < -0.39 is 0 Å². The van der Waals surface area contributed by atoms with Gasteiger partial charge in [-0.1, -0.05) is 38.5 Å². The van der Waals surface area contributed by atoms with E-state index in [0.29, 0.717) is 32.5 Å². The third kappa shape index (κ3) is 6.13. The molecule has 1 aliphatic heterocycles. The van der Waals surface area contributed by atoms with Crippen LogP contribution in [0.15, 0.2) is 0 Å². The molecule has 23 heavy (non-hydrogen) atoms. The molecule has 0 bridgehead atoms. The number of nitrogens with one attached hydrogen (secondary N) is 1. The molecule has 5 heteroatoms. The average Bonchev–Trinajstić information content (AvgIpc) is 2.83. The smallest absolute Gasteiger partial charge is 0.224 e. The first kappa shape index (κ1) is 18.2. The summed E-state index contributed by atoms with van der Waals surface area (Å²) >= 11 is 0. The fourth-order valence-corrected chi connectivity index (χ4v) is 3.74. The maximum Gasteiger partial charge on any atom is 0.224 e. The number of piperidine rings is 1. The Morgan fingerprint density at radius 3 is 2.65 bits per heavy atom. The molecule has 1 aliphatic carbocycles. The lowest BCUT2D eigenvalue weighted by Crippen LogP contribution is -2.47. The molecule has 132 valence electrons. The van der Waals surface area contributed by atoms with Gasteiger partial charge in [-0.2, -0.15) is 0 Å². The molecule has 0 radical (unpaired) electrons. The summed E-state index contributed by atoms with van der Waals surface area (Å²) in [4.78, 5) is 26.0. The monoisotopic (exact) mass is 324 g/mol. The normalized spacial score (nSPS) is 23.6. The van der Waals surface area contributed by atoms with Gasteiger partial charge in [0.15, 0.2) is 0 Å². The number of likely N-dealkylation sites (tertiary alicyclic amines) is 1. The van der Waals surface area contributed by atoms with Crippen molar-refractivity contribution in [1.82, 2.24) is 10.2 Å². The molecule has 2 aliphatic rings. The minimum Gasteiger partial charge on any atom is -0.383 e. The molecule has 0 aromatic heterocycles. The Morgan fingerprint density at radius 1 is 1.22 bits per heavy atom. The van der Waals surface area contributed by atoms with E-state index in [1.54, 1.807) is 12.0 Å². The van der Waals surface area contributed by atoms with Gasteiger partial charge in [-0.25, -0.2) is 0 Å². The van der Waals surface area contributed by atoms with Crippen LogP contribution < -0.4 is 5.32 Å². The molecule has 0 unspecified atom stereocenters. The Labute approximate surface area is 140 Å². The van der Waals surface area contributed by atoms with Crippen LogP contribution >= 0.6 is 0 Å². The molecule has 5 nitrogen and oxygen atoms in total. The van der Waals surface area contributed by atoms with Gasteiger partial charge < -0.3 is 15.0 Å². The van der Waals surface area contributed by atoms with Crippen LogP contribution in [0.4, 0.5) is 0 Å². The van der Waals surface area contributed by atoms with Crippen LogP contribution in [0.5, 0.6) is 0 Å². The lowest BCUT2D eigenvalue weighted by Gasteiger charge is -2.31. The van der Waals surface area contributed by atoms with Crippen LogP contribution in [-0.2, 0) is 14.3 Å². The van der Waals surface area contributed by atoms with Crippen LogP contribution in [0, 0.1) is 11.8 Å². The Hall–Kier alpha value is -1.10. The number of nitrogens with zero attached hydrogens (tertiary/aromatic N) is 1. The molecule has 1 saturated heterocycles. The lowest BCUT2D eigenvalue weighted by atomic mass is 9.95. The van der Waals surface area contributed by atoms with Gasteiger partial charge >= 0.3 is 0 Å². The third-order valence-corrected chi connectivity index (χ3v) is 5.26. The maximum absolute atomic E-state index is 12.4. The summed E-state index contributed by atoms with van der Waals surface area (Å²) in [5.41, 5.74) is 0. The second-order valence-corrected chi connectivity index (χ2v) is 7.01. The van der Waals surface area contributed by atoms with Crippen molar-refractivity contribution in [3.05, 3.63) is 0 Å².